The number of benzene rings is 2. The Balaban J connectivity index is 1.42. The number of amides is 4. The van der Waals surface area contributed by atoms with Crippen molar-refractivity contribution in [1.82, 2.24) is 9.80 Å². The molecule has 2 aromatic rings. The lowest BCUT2D eigenvalue weighted by molar-refractivity contribution is -0.135. The molecule has 10 heteroatoms. The standard InChI is InChI=1S/C27H29N3O6S/c1-3-35-22-14-19(10-11-21(22)36-17-24(31)28-20-9-5-4-8-18(20)2)15-23-26(33)30(27(34)37-23)16-25(32)29-12-6-7-13-29/h4-5,8-11,14-15H,3,6-7,12-13,16-17H2,1-2H3,(H,28,31)/b23-15-. The summed E-state index contributed by atoms with van der Waals surface area (Å²) in [7, 11) is 0. The van der Waals surface area contributed by atoms with Crippen molar-refractivity contribution in [2.24, 2.45) is 0 Å². The monoisotopic (exact) mass is 523 g/mol. The lowest BCUT2D eigenvalue weighted by Gasteiger charge is -2.18. The van der Waals surface area contributed by atoms with E-state index in [2.05, 4.69) is 5.32 Å². The molecule has 0 aromatic heterocycles. The first-order valence-corrected chi connectivity index (χ1v) is 13.0. The average molecular weight is 524 g/mol. The number of likely N-dealkylation sites (tertiary alicyclic amines) is 1. The van der Waals surface area contributed by atoms with Crippen molar-refractivity contribution < 1.29 is 28.7 Å². The predicted octanol–water partition coefficient (Wildman–Crippen LogP) is 4.07. The van der Waals surface area contributed by atoms with Crippen LogP contribution in [-0.4, -0.2) is 65.6 Å². The summed E-state index contributed by atoms with van der Waals surface area (Å²) in [6.07, 6.45) is 3.46. The van der Waals surface area contributed by atoms with Crippen LogP contribution in [0.4, 0.5) is 10.5 Å². The minimum absolute atomic E-state index is 0.211. The number of para-hydroxylation sites is 1. The number of anilines is 1. The lowest BCUT2D eigenvalue weighted by atomic mass is 10.2. The minimum atomic E-state index is -0.492. The zero-order valence-electron chi connectivity index (χ0n) is 20.8. The lowest BCUT2D eigenvalue weighted by Crippen LogP contribution is -2.40. The average Bonchev–Trinajstić information content (AvgIpc) is 3.50. The van der Waals surface area contributed by atoms with E-state index in [4.69, 9.17) is 9.47 Å². The highest BCUT2D eigenvalue weighted by atomic mass is 32.2. The van der Waals surface area contributed by atoms with Crippen molar-refractivity contribution in [2.45, 2.75) is 26.7 Å². The Morgan fingerprint density at radius 1 is 1.05 bits per heavy atom. The first-order chi connectivity index (χ1) is 17.9. The van der Waals surface area contributed by atoms with Crippen molar-refractivity contribution in [3.05, 3.63) is 58.5 Å². The van der Waals surface area contributed by atoms with Crippen LogP contribution in [0.2, 0.25) is 0 Å². The summed E-state index contributed by atoms with van der Waals surface area (Å²) in [5.41, 5.74) is 2.28. The van der Waals surface area contributed by atoms with Gasteiger partial charge in [-0.1, -0.05) is 24.3 Å². The number of thioether (sulfide) groups is 1. The van der Waals surface area contributed by atoms with E-state index in [-0.39, 0.29) is 29.9 Å². The molecule has 9 nitrogen and oxygen atoms in total. The third kappa shape index (κ3) is 6.51. The Bertz CT molecular complexity index is 1240. The summed E-state index contributed by atoms with van der Waals surface area (Å²) in [5, 5.41) is 2.35. The van der Waals surface area contributed by atoms with Crippen molar-refractivity contribution in [3.63, 3.8) is 0 Å². The maximum Gasteiger partial charge on any atom is 0.294 e. The van der Waals surface area contributed by atoms with Gasteiger partial charge in [0.25, 0.3) is 17.1 Å². The first-order valence-electron chi connectivity index (χ1n) is 12.1. The van der Waals surface area contributed by atoms with E-state index in [1.165, 1.54) is 0 Å². The normalized spacial score (nSPS) is 16.4. The van der Waals surface area contributed by atoms with Gasteiger partial charge < -0.3 is 19.7 Å². The van der Waals surface area contributed by atoms with Gasteiger partial charge in [-0.3, -0.25) is 24.1 Å². The number of carbonyl (C=O) groups is 4. The van der Waals surface area contributed by atoms with Gasteiger partial charge in [-0.15, -0.1) is 0 Å². The molecule has 0 radical (unpaired) electrons. The molecule has 0 atom stereocenters. The Morgan fingerprint density at radius 3 is 2.54 bits per heavy atom. The molecule has 194 valence electrons. The highest BCUT2D eigenvalue weighted by Crippen LogP contribution is 2.35. The first kappa shape index (κ1) is 26.3. The molecule has 0 spiro atoms. The molecule has 4 rings (SSSR count). The second-order valence-electron chi connectivity index (χ2n) is 8.65. The van der Waals surface area contributed by atoms with Crippen LogP contribution in [0.15, 0.2) is 47.4 Å². The largest absolute Gasteiger partial charge is 0.490 e. The molecular weight excluding hydrogens is 494 g/mol. The van der Waals surface area contributed by atoms with Crippen molar-refractivity contribution >= 4 is 46.5 Å². The van der Waals surface area contributed by atoms with Crippen LogP contribution in [0, 0.1) is 6.92 Å². The predicted molar refractivity (Wildman–Crippen MR) is 141 cm³/mol. The molecule has 2 heterocycles. The van der Waals surface area contributed by atoms with Gasteiger partial charge in [-0.25, -0.2) is 0 Å². The summed E-state index contributed by atoms with van der Waals surface area (Å²) in [4.78, 5) is 53.0. The number of carbonyl (C=O) groups excluding carboxylic acids is 4. The van der Waals surface area contributed by atoms with E-state index in [0.29, 0.717) is 42.4 Å². The zero-order valence-corrected chi connectivity index (χ0v) is 21.6. The Kier molecular flexibility index (Phi) is 8.50. The molecule has 0 saturated carbocycles. The maximum absolute atomic E-state index is 12.8. The second kappa shape index (κ2) is 12.0. The second-order valence-corrected chi connectivity index (χ2v) is 9.64. The van der Waals surface area contributed by atoms with Gasteiger partial charge in [0, 0.05) is 18.8 Å². The Labute approximate surface area is 219 Å². The molecule has 2 aliphatic heterocycles. The van der Waals surface area contributed by atoms with Gasteiger partial charge in [0.15, 0.2) is 18.1 Å². The highest BCUT2D eigenvalue weighted by Gasteiger charge is 2.37. The minimum Gasteiger partial charge on any atom is -0.490 e. The summed E-state index contributed by atoms with van der Waals surface area (Å²) >= 11 is 0.804. The number of imide groups is 1. The number of nitrogens with zero attached hydrogens (tertiary/aromatic N) is 2. The van der Waals surface area contributed by atoms with Gasteiger partial charge in [-0.05, 0) is 73.9 Å². The number of hydrogen-bond donors (Lipinski definition) is 1. The van der Waals surface area contributed by atoms with Crippen LogP contribution < -0.4 is 14.8 Å². The van der Waals surface area contributed by atoms with Gasteiger partial charge in [0.2, 0.25) is 5.91 Å². The topological polar surface area (TPSA) is 105 Å². The fraction of sp³-hybridized carbons (Fsp3) is 0.333. The molecule has 2 aliphatic rings. The van der Waals surface area contributed by atoms with Crippen molar-refractivity contribution in [2.75, 3.05) is 38.2 Å². The fourth-order valence-electron chi connectivity index (χ4n) is 4.03. The molecule has 2 saturated heterocycles. The van der Waals surface area contributed by atoms with Gasteiger partial charge in [0.05, 0.1) is 11.5 Å². The number of nitrogens with one attached hydrogen (secondary N) is 1. The molecule has 0 unspecified atom stereocenters. The fourth-order valence-corrected chi connectivity index (χ4v) is 4.87. The quantitative estimate of drug-likeness (QED) is 0.494. The number of hydrogen-bond acceptors (Lipinski definition) is 7. The molecule has 1 N–H and O–H groups in total. The SMILES string of the molecule is CCOc1cc(/C=C2\SC(=O)N(CC(=O)N3CCCC3)C2=O)ccc1OCC(=O)Nc1ccccc1C. The van der Waals surface area contributed by atoms with E-state index in [1.807, 2.05) is 38.1 Å². The van der Waals surface area contributed by atoms with Gasteiger partial charge >= 0.3 is 0 Å². The third-order valence-corrected chi connectivity index (χ3v) is 6.88. The van der Waals surface area contributed by atoms with Crippen LogP contribution in [0.3, 0.4) is 0 Å². The summed E-state index contributed by atoms with van der Waals surface area (Å²) in [5.74, 6) is -0.231. The zero-order chi connectivity index (χ0) is 26.4. The van der Waals surface area contributed by atoms with E-state index < -0.39 is 11.1 Å². The molecule has 37 heavy (non-hydrogen) atoms. The van der Waals surface area contributed by atoms with Gasteiger partial charge in [-0.2, -0.15) is 0 Å². The van der Waals surface area contributed by atoms with Gasteiger partial charge in [0.1, 0.15) is 6.54 Å². The highest BCUT2D eigenvalue weighted by molar-refractivity contribution is 8.18. The third-order valence-electron chi connectivity index (χ3n) is 5.97. The van der Waals surface area contributed by atoms with E-state index in [1.54, 1.807) is 29.2 Å². The van der Waals surface area contributed by atoms with Crippen LogP contribution in [0.1, 0.15) is 30.9 Å². The molecule has 2 fully saturated rings. The summed E-state index contributed by atoms with van der Waals surface area (Å²) in [6, 6.07) is 12.5. The summed E-state index contributed by atoms with van der Waals surface area (Å²) in [6.45, 7) is 4.96. The van der Waals surface area contributed by atoms with Crippen LogP contribution >= 0.6 is 11.8 Å². The molecule has 4 amide bonds. The summed E-state index contributed by atoms with van der Waals surface area (Å²) < 4.78 is 11.4. The van der Waals surface area contributed by atoms with Crippen LogP contribution in [-0.2, 0) is 14.4 Å². The number of ether oxygens (including phenoxy) is 2. The maximum atomic E-state index is 12.8. The van der Waals surface area contributed by atoms with Crippen LogP contribution in [0.5, 0.6) is 11.5 Å². The van der Waals surface area contributed by atoms with Crippen LogP contribution in [0.25, 0.3) is 6.08 Å². The smallest absolute Gasteiger partial charge is 0.294 e. The van der Waals surface area contributed by atoms with E-state index in [0.717, 1.165) is 35.1 Å². The Hall–Kier alpha value is -3.79. The van der Waals surface area contributed by atoms with Crippen molar-refractivity contribution in [1.29, 1.82) is 0 Å². The number of aryl methyl sites for hydroxylation is 1. The number of rotatable bonds is 9. The molecule has 0 bridgehead atoms. The molecule has 0 aliphatic carbocycles. The Morgan fingerprint density at radius 2 is 1.81 bits per heavy atom. The van der Waals surface area contributed by atoms with E-state index >= 15 is 0 Å². The van der Waals surface area contributed by atoms with E-state index in [9.17, 15) is 19.2 Å². The molecule has 2 aromatic carbocycles. The van der Waals surface area contributed by atoms with Crippen molar-refractivity contribution in [3.8, 4) is 11.5 Å². The molecular formula is C27H29N3O6S.